The molecule has 0 amide bonds. The molecule has 11 heteroatoms. The number of halogens is 1. The number of imidazole rings is 1. The van der Waals surface area contributed by atoms with E-state index in [-0.39, 0.29) is 41.1 Å². The van der Waals surface area contributed by atoms with Gasteiger partial charge in [0.2, 0.25) is 10.0 Å². The van der Waals surface area contributed by atoms with Crippen LogP contribution in [-0.4, -0.2) is 45.5 Å². The van der Waals surface area contributed by atoms with Crippen LogP contribution < -0.4 is 10.5 Å². The van der Waals surface area contributed by atoms with Gasteiger partial charge in [0, 0.05) is 31.0 Å². The van der Waals surface area contributed by atoms with Crippen LogP contribution in [0.15, 0.2) is 12.1 Å². The lowest BCUT2D eigenvalue weighted by Crippen LogP contribution is -2.33. The fourth-order valence-electron chi connectivity index (χ4n) is 4.06. The molecule has 0 radical (unpaired) electrons. The van der Waals surface area contributed by atoms with Crippen LogP contribution in [0.1, 0.15) is 53.1 Å². The summed E-state index contributed by atoms with van der Waals surface area (Å²) in [6.45, 7) is 5.43. The van der Waals surface area contributed by atoms with Gasteiger partial charge in [-0.15, -0.1) is 0 Å². The van der Waals surface area contributed by atoms with Gasteiger partial charge < -0.3 is 10.3 Å². The van der Waals surface area contributed by atoms with Crippen LogP contribution in [0.3, 0.4) is 0 Å². The predicted octanol–water partition coefficient (Wildman–Crippen LogP) is 1.90. The second-order valence-electron chi connectivity index (χ2n) is 8.36. The number of carbonyl (C=O) groups excluding carboxylic acids is 1. The zero-order valence-electron chi connectivity index (χ0n) is 18.1. The Morgan fingerprint density at radius 2 is 1.97 bits per heavy atom. The number of hydrogen-bond donors (Lipinski definition) is 2. The number of nitrogen functional groups attached to an aromatic ring is 1. The molecule has 1 aliphatic rings. The number of benzene rings is 1. The molecule has 9 nitrogen and oxygen atoms in total. The number of carbonyl (C=O) groups is 1. The number of nitrogens with one attached hydrogen (secondary N) is 1. The Hall–Kier alpha value is -2.92. The molecule has 0 bridgehead atoms. The molecule has 0 saturated heterocycles. The molecule has 1 aliphatic carbocycles. The molecule has 0 fully saturated rings. The van der Waals surface area contributed by atoms with Crippen molar-refractivity contribution in [3.63, 3.8) is 0 Å². The first-order chi connectivity index (χ1) is 15.0. The minimum Gasteiger partial charge on any atom is -0.382 e. The van der Waals surface area contributed by atoms with Crippen LogP contribution in [0.5, 0.6) is 0 Å². The van der Waals surface area contributed by atoms with Gasteiger partial charge in [0.25, 0.3) is 0 Å². The monoisotopic (exact) mass is 460 g/mol. The van der Waals surface area contributed by atoms with E-state index >= 15 is 0 Å². The van der Waals surface area contributed by atoms with Gasteiger partial charge in [-0.3, -0.25) is 4.79 Å². The number of fused-ring (bicyclic) bond motifs is 2. The van der Waals surface area contributed by atoms with E-state index < -0.39 is 16.1 Å². The van der Waals surface area contributed by atoms with Crippen molar-refractivity contribution >= 4 is 32.8 Å². The van der Waals surface area contributed by atoms with Gasteiger partial charge in [-0.25, -0.2) is 18.1 Å². The summed E-state index contributed by atoms with van der Waals surface area (Å²) >= 11 is 0. The van der Waals surface area contributed by atoms with Crippen molar-refractivity contribution in [2.75, 3.05) is 11.5 Å². The SMILES string of the molecule is Cc1cc2c(cc1Cc1nc3c(N)nc(F)nc3n1CCS(=O)(=O)NC(C)C)C(=O)CC2. The number of nitrogens with zero attached hydrogens (tertiary/aromatic N) is 4. The Morgan fingerprint density at radius 3 is 2.69 bits per heavy atom. The average molecular weight is 461 g/mol. The average Bonchev–Trinajstić information content (AvgIpc) is 3.20. The molecule has 0 atom stereocenters. The van der Waals surface area contributed by atoms with E-state index in [1.165, 1.54) is 0 Å². The summed E-state index contributed by atoms with van der Waals surface area (Å²) in [6.07, 6.45) is 0.537. The highest BCUT2D eigenvalue weighted by Crippen LogP contribution is 2.28. The molecule has 3 N–H and O–H groups in total. The molecule has 3 aromatic rings. The van der Waals surface area contributed by atoms with E-state index in [0.717, 1.165) is 23.1 Å². The van der Waals surface area contributed by atoms with Crippen molar-refractivity contribution in [2.45, 2.75) is 52.6 Å². The number of nitrogens with two attached hydrogens (primary N) is 1. The largest absolute Gasteiger partial charge is 0.382 e. The molecule has 4 rings (SSSR count). The van der Waals surface area contributed by atoms with E-state index in [4.69, 9.17) is 5.73 Å². The fraction of sp³-hybridized carbons (Fsp3) is 0.429. The first-order valence-corrected chi connectivity index (χ1v) is 12.0. The van der Waals surface area contributed by atoms with Gasteiger partial charge in [0.05, 0.1) is 5.75 Å². The quantitative estimate of drug-likeness (QED) is 0.515. The number of rotatable bonds is 7. The van der Waals surface area contributed by atoms with Gasteiger partial charge in [0.15, 0.2) is 22.8 Å². The number of hydrogen-bond acceptors (Lipinski definition) is 7. The van der Waals surface area contributed by atoms with Gasteiger partial charge in [0.1, 0.15) is 5.82 Å². The predicted molar refractivity (Wildman–Crippen MR) is 118 cm³/mol. The second kappa shape index (κ2) is 8.21. The summed E-state index contributed by atoms with van der Waals surface area (Å²) in [7, 11) is -3.57. The van der Waals surface area contributed by atoms with Crippen molar-refractivity contribution in [1.82, 2.24) is 24.2 Å². The van der Waals surface area contributed by atoms with Gasteiger partial charge in [-0.2, -0.15) is 14.4 Å². The van der Waals surface area contributed by atoms with E-state index in [1.54, 1.807) is 18.4 Å². The maximum absolute atomic E-state index is 13.9. The molecule has 1 aromatic carbocycles. The second-order valence-corrected chi connectivity index (χ2v) is 10.2. The van der Waals surface area contributed by atoms with Crippen LogP contribution in [0.4, 0.5) is 10.2 Å². The Kier molecular flexibility index (Phi) is 5.72. The van der Waals surface area contributed by atoms with Crippen LogP contribution in [0.25, 0.3) is 11.2 Å². The molecule has 0 spiro atoms. The lowest BCUT2D eigenvalue weighted by molar-refractivity contribution is 0.0994. The van der Waals surface area contributed by atoms with Crippen LogP contribution in [-0.2, 0) is 29.4 Å². The standard InChI is InChI=1S/C21H25FN6O3S/c1-11(2)27-32(30,31)7-6-28-17(24-18-19(23)25-21(22)26-20(18)28)10-14-9-15-13(8-12(14)3)4-5-16(15)29/h8-9,11,27H,4-7,10H2,1-3H3,(H2,23,25,26). The van der Waals surface area contributed by atoms with Crippen LogP contribution >= 0.6 is 0 Å². The van der Waals surface area contributed by atoms with Crippen molar-refractivity contribution < 1.29 is 17.6 Å². The van der Waals surface area contributed by atoms with E-state index in [1.807, 2.05) is 19.1 Å². The minimum atomic E-state index is -3.57. The van der Waals surface area contributed by atoms with Crippen LogP contribution in [0.2, 0.25) is 0 Å². The maximum Gasteiger partial charge on any atom is 0.312 e. The first-order valence-electron chi connectivity index (χ1n) is 10.4. The zero-order valence-corrected chi connectivity index (χ0v) is 19.0. The van der Waals surface area contributed by atoms with E-state index in [0.29, 0.717) is 24.2 Å². The summed E-state index contributed by atoms with van der Waals surface area (Å²) in [5, 5.41) is 0. The molecule has 0 unspecified atom stereocenters. The summed E-state index contributed by atoms with van der Waals surface area (Å²) in [5.74, 6) is 0.228. The van der Waals surface area contributed by atoms with Crippen molar-refractivity contribution in [1.29, 1.82) is 0 Å². The zero-order chi connectivity index (χ0) is 23.2. The Labute approximate surface area is 185 Å². The Bertz CT molecular complexity index is 1330. The molecule has 2 aromatic heterocycles. The lowest BCUT2D eigenvalue weighted by atomic mass is 9.98. The van der Waals surface area contributed by atoms with Gasteiger partial charge in [-0.05, 0) is 49.9 Å². The number of anilines is 1. The molecule has 170 valence electrons. The number of aromatic nitrogens is 4. The third-order valence-electron chi connectivity index (χ3n) is 5.50. The van der Waals surface area contributed by atoms with Crippen molar-refractivity contribution in [2.24, 2.45) is 0 Å². The molecular weight excluding hydrogens is 435 g/mol. The number of ketones is 1. The molecule has 32 heavy (non-hydrogen) atoms. The maximum atomic E-state index is 13.9. The highest BCUT2D eigenvalue weighted by Gasteiger charge is 2.23. The molecule has 0 aliphatic heterocycles. The highest BCUT2D eigenvalue weighted by molar-refractivity contribution is 7.89. The third kappa shape index (κ3) is 4.35. The molecule has 2 heterocycles. The topological polar surface area (TPSA) is 133 Å². The normalized spacial score (nSPS) is 14.0. The van der Waals surface area contributed by atoms with E-state index in [9.17, 15) is 17.6 Å². The van der Waals surface area contributed by atoms with Crippen molar-refractivity contribution in [3.8, 4) is 0 Å². The summed E-state index contributed by atoms with van der Waals surface area (Å²) < 4.78 is 42.8. The summed E-state index contributed by atoms with van der Waals surface area (Å²) in [4.78, 5) is 24.1. The van der Waals surface area contributed by atoms with Gasteiger partial charge >= 0.3 is 6.08 Å². The van der Waals surface area contributed by atoms with Crippen LogP contribution in [0, 0.1) is 13.0 Å². The summed E-state index contributed by atoms with van der Waals surface area (Å²) in [5.41, 5.74) is 9.83. The Morgan fingerprint density at radius 1 is 1.22 bits per heavy atom. The van der Waals surface area contributed by atoms with Gasteiger partial charge in [-0.1, -0.05) is 6.07 Å². The molecular formula is C21H25FN6O3S. The highest BCUT2D eigenvalue weighted by atomic mass is 32.2. The first kappa shape index (κ1) is 22.3. The minimum absolute atomic E-state index is 0.00665. The number of aryl methyl sites for hydroxylation is 3. The molecule has 0 saturated carbocycles. The number of Topliss-reactive ketones (excluding diaryl/α,β-unsaturated/α-hetero) is 1. The van der Waals surface area contributed by atoms with E-state index in [2.05, 4.69) is 19.7 Å². The van der Waals surface area contributed by atoms with Crippen molar-refractivity contribution in [3.05, 3.63) is 46.3 Å². The third-order valence-corrected chi connectivity index (χ3v) is 7.05. The smallest absolute Gasteiger partial charge is 0.312 e. The fourth-order valence-corrected chi connectivity index (χ4v) is 5.32. The Balaban J connectivity index is 1.76. The summed E-state index contributed by atoms with van der Waals surface area (Å²) in [6, 6.07) is 3.63. The lowest BCUT2D eigenvalue weighted by Gasteiger charge is -2.13. The number of sulfonamides is 1.